The molecule has 214 valence electrons. The number of nitrogens with zero attached hydrogens (tertiary/aromatic N) is 3. The largest absolute Gasteiger partial charge is 0.444 e. The standard InChI is InChI=1S/C27H30ClF3N5O3P/c1-26(2,3)39-25(37)36-11-10-16-12-18(27(29,30)31)21(13-17(16)15-36)34-24-32-14-19(28)23(35-24)33-20-8-6-7-9-22(20)40(4,5)38/h6-9,12-14H,10-11,15H2,1-5H3,(H2,32,33,34,35). The molecule has 1 amide bonds. The number of ether oxygens (including phenoxy) is 1. The number of carbonyl (C=O) groups excluding carboxylic acids is 1. The van der Waals surface area contributed by atoms with Gasteiger partial charge >= 0.3 is 12.3 Å². The zero-order valence-electron chi connectivity index (χ0n) is 22.7. The lowest BCUT2D eigenvalue weighted by Crippen LogP contribution is -2.40. The van der Waals surface area contributed by atoms with Crippen LogP contribution < -0.4 is 15.9 Å². The van der Waals surface area contributed by atoms with Gasteiger partial charge in [0.25, 0.3) is 0 Å². The van der Waals surface area contributed by atoms with Crippen LogP contribution in [-0.4, -0.2) is 46.4 Å². The highest BCUT2D eigenvalue weighted by molar-refractivity contribution is 7.70. The fourth-order valence-corrected chi connectivity index (χ4v) is 5.54. The smallest absolute Gasteiger partial charge is 0.418 e. The lowest BCUT2D eigenvalue weighted by atomic mass is 9.95. The molecule has 2 N–H and O–H groups in total. The first-order valence-corrected chi connectivity index (χ1v) is 15.4. The van der Waals surface area contributed by atoms with Gasteiger partial charge in [0.1, 0.15) is 17.8 Å². The summed E-state index contributed by atoms with van der Waals surface area (Å²) in [5.74, 6) is -0.00601. The predicted octanol–water partition coefficient (Wildman–Crippen LogP) is 7.18. The minimum atomic E-state index is -4.66. The van der Waals surface area contributed by atoms with Crippen LogP contribution in [0.3, 0.4) is 0 Å². The van der Waals surface area contributed by atoms with Crippen LogP contribution in [0.15, 0.2) is 42.6 Å². The van der Waals surface area contributed by atoms with Crippen molar-refractivity contribution in [1.29, 1.82) is 0 Å². The van der Waals surface area contributed by atoms with E-state index in [0.29, 0.717) is 22.1 Å². The lowest BCUT2D eigenvalue weighted by molar-refractivity contribution is -0.137. The highest BCUT2D eigenvalue weighted by atomic mass is 35.5. The quantitative estimate of drug-likeness (QED) is 0.302. The molecular weight excluding hydrogens is 566 g/mol. The third-order valence-electron chi connectivity index (χ3n) is 6.04. The summed E-state index contributed by atoms with van der Waals surface area (Å²) < 4.78 is 60.4. The van der Waals surface area contributed by atoms with Gasteiger partial charge in [-0.1, -0.05) is 23.7 Å². The Kier molecular flexibility index (Phi) is 8.11. The normalized spacial score (nSPS) is 14.0. The number of anilines is 4. The molecule has 0 aliphatic carbocycles. The fourth-order valence-electron chi connectivity index (χ4n) is 4.24. The molecular formula is C27H30ClF3N5O3P. The zero-order valence-corrected chi connectivity index (χ0v) is 24.3. The Balaban J connectivity index is 1.66. The summed E-state index contributed by atoms with van der Waals surface area (Å²) in [4.78, 5) is 22.4. The Morgan fingerprint density at radius 2 is 1.77 bits per heavy atom. The molecule has 0 atom stereocenters. The Morgan fingerprint density at radius 3 is 2.42 bits per heavy atom. The van der Waals surface area contributed by atoms with Crippen molar-refractivity contribution in [3.63, 3.8) is 0 Å². The summed E-state index contributed by atoms with van der Waals surface area (Å²) in [5, 5.41) is 6.40. The van der Waals surface area contributed by atoms with Crippen molar-refractivity contribution in [2.45, 2.75) is 45.5 Å². The van der Waals surface area contributed by atoms with Crippen molar-refractivity contribution in [3.8, 4) is 0 Å². The highest BCUT2D eigenvalue weighted by Crippen LogP contribution is 2.40. The first kappa shape index (κ1) is 29.7. The SMILES string of the molecule is CC(C)(C)OC(=O)N1CCc2cc(C(F)(F)F)c(Nc3ncc(Cl)c(Nc4ccccc4P(C)(C)=O)n3)cc2C1. The van der Waals surface area contributed by atoms with Crippen LogP contribution in [-0.2, 0) is 28.4 Å². The van der Waals surface area contributed by atoms with Gasteiger partial charge in [0.05, 0.1) is 23.1 Å². The van der Waals surface area contributed by atoms with Gasteiger partial charge in [-0.05, 0) is 75.9 Å². The van der Waals surface area contributed by atoms with Gasteiger partial charge in [-0.25, -0.2) is 9.78 Å². The molecule has 40 heavy (non-hydrogen) atoms. The maximum absolute atomic E-state index is 14.1. The Bertz CT molecular complexity index is 1490. The molecule has 1 aliphatic heterocycles. The average Bonchev–Trinajstić information content (AvgIpc) is 2.83. The van der Waals surface area contributed by atoms with Gasteiger partial charge < -0.3 is 24.8 Å². The molecule has 3 aromatic rings. The molecule has 0 fully saturated rings. The van der Waals surface area contributed by atoms with Gasteiger partial charge in [-0.3, -0.25) is 0 Å². The average molecular weight is 596 g/mol. The monoisotopic (exact) mass is 595 g/mol. The minimum Gasteiger partial charge on any atom is -0.444 e. The van der Waals surface area contributed by atoms with Crippen LogP contribution >= 0.6 is 18.7 Å². The van der Waals surface area contributed by atoms with Gasteiger partial charge in [0.2, 0.25) is 5.95 Å². The fraction of sp³-hybridized carbons (Fsp3) is 0.370. The molecule has 1 aromatic heterocycles. The first-order chi connectivity index (χ1) is 18.5. The van der Waals surface area contributed by atoms with E-state index >= 15 is 0 Å². The van der Waals surface area contributed by atoms with Crippen molar-refractivity contribution in [3.05, 3.63) is 64.3 Å². The van der Waals surface area contributed by atoms with E-state index in [0.717, 1.165) is 6.07 Å². The third-order valence-corrected chi connectivity index (χ3v) is 7.86. The third kappa shape index (κ3) is 7.06. The molecule has 0 saturated carbocycles. The second-order valence-corrected chi connectivity index (χ2v) is 14.4. The van der Waals surface area contributed by atoms with E-state index in [4.69, 9.17) is 16.3 Å². The van der Waals surface area contributed by atoms with Crippen LogP contribution in [0.25, 0.3) is 0 Å². The second kappa shape index (κ2) is 10.9. The van der Waals surface area contributed by atoms with Crippen molar-refractivity contribution >= 4 is 53.3 Å². The number of hydrogen-bond acceptors (Lipinski definition) is 7. The van der Waals surface area contributed by atoms with Crippen molar-refractivity contribution in [2.24, 2.45) is 0 Å². The number of hydrogen-bond donors (Lipinski definition) is 2. The van der Waals surface area contributed by atoms with Crippen LogP contribution in [0, 0.1) is 0 Å². The number of aromatic nitrogens is 2. The van der Waals surface area contributed by atoms with Gasteiger partial charge in [-0.2, -0.15) is 18.2 Å². The molecule has 0 bridgehead atoms. The molecule has 0 radical (unpaired) electrons. The second-order valence-electron chi connectivity index (χ2n) is 10.8. The molecule has 0 unspecified atom stereocenters. The number of rotatable bonds is 5. The highest BCUT2D eigenvalue weighted by Gasteiger charge is 2.36. The minimum absolute atomic E-state index is 0.0935. The Hall–Kier alpha value is -3.30. The van der Waals surface area contributed by atoms with Crippen LogP contribution in [0.4, 0.5) is 41.1 Å². The molecule has 8 nitrogen and oxygen atoms in total. The van der Waals surface area contributed by atoms with Crippen LogP contribution in [0.1, 0.15) is 37.5 Å². The van der Waals surface area contributed by atoms with E-state index in [-0.39, 0.29) is 42.0 Å². The van der Waals surface area contributed by atoms with Crippen molar-refractivity contribution in [1.82, 2.24) is 14.9 Å². The molecule has 0 saturated heterocycles. The number of carbonyl (C=O) groups is 1. The van der Waals surface area contributed by atoms with E-state index in [1.165, 1.54) is 17.2 Å². The number of amides is 1. The maximum Gasteiger partial charge on any atom is 0.418 e. The summed E-state index contributed by atoms with van der Waals surface area (Å²) in [6, 6.07) is 9.39. The summed E-state index contributed by atoms with van der Waals surface area (Å²) in [7, 11) is -2.66. The first-order valence-electron chi connectivity index (χ1n) is 12.4. The van der Waals surface area contributed by atoms with E-state index < -0.39 is 30.6 Å². The van der Waals surface area contributed by atoms with E-state index in [9.17, 15) is 22.5 Å². The van der Waals surface area contributed by atoms with E-state index in [2.05, 4.69) is 20.6 Å². The zero-order chi connectivity index (χ0) is 29.5. The van der Waals surface area contributed by atoms with E-state index in [1.807, 2.05) is 0 Å². The number of halogens is 4. The van der Waals surface area contributed by atoms with Crippen LogP contribution in [0.5, 0.6) is 0 Å². The summed E-state index contributed by atoms with van der Waals surface area (Å²) in [5.41, 5.74) is -0.291. The predicted molar refractivity (Wildman–Crippen MR) is 151 cm³/mol. The van der Waals surface area contributed by atoms with Gasteiger partial charge in [0.15, 0.2) is 5.82 Å². The van der Waals surface area contributed by atoms with Crippen LogP contribution in [0.2, 0.25) is 5.02 Å². The van der Waals surface area contributed by atoms with Crippen molar-refractivity contribution < 1.29 is 27.3 Å². The summed E-state index contributed by atoms with van der Waals surface area (Å²) >= 11 is 6.29. The number of benzene rings is 2. The summed E-state index contributed by atoms with van der Waals surface area (Å²) in [6.45, 7) is 8.83. The number of nitrogens with one attached hydrogen (secondary N) is 2. The number of fused-ring (bicyclic) bond motifs is 1. The Morgan fingerprint density at radius 1 is 1.07 bits per heavy atom. The summed E-state index contributed by atoms with van der Waals surface area (Å²) in [6.07, 6.45) is -3.68. The van der Waals surface area contributed by atoms with Gasteiger partial charge in [-0.15, -0.1) is 0 Å². The lowest BCUT2D eigenvalue weighted by Gasteiger charge is -2.32. The molecule has 4 rings (SSSR count). The molecule has 2 aromatic carbocycles. The molecule has 1 aliphatic rings. The number of alkyl halides is 3. The number of para-hydroxylation sites is 1. The molecule has 2 heterocycles. The molecule has 13 heteroatoms. The van der Waals surface area contributed by atoms with Crippen molar-refractivity contribution in [2.75, 3.05) is 30.5 Å². The molecule has 0 spiro atoms. The maximum atomic E-state index is 14.1. The topological polar surface area (TPSA) is 96.5 Å². The van der Waals surface area contributed by atoms with Gasteiger partial charge in [0, 0.05) is 18.4 Å². The van der Waals surface area contributed by atoms with E-state index in [1.54, 1.807) is 58.4 Å². The Labute approximate surface area is 235 Å².